The lowest BCUT2D eigenvalue weighted by Gasteiger charge is -2.05. The van der Waals surface area contributed by atoms with E-state index in [-0.39, 0.29) is 17.4 Å². The summed E-state index contributed by atoms with van der Waals surface area (Å²) < 4.78 is 20.1. The van der Waals surface area contributed by atoms with Crippen molar-refractivity contribution in [1.82, 2.24) is 19.7 Å². The quantitative estimate of drug-likeness (QED) is 0.362. The van der Waals surface area contributed by atoms with Crippen LogP contribution in [-0.4, -0.2) is 31.2 Å². The van der Waals surface area contributed by atoms with Gasteiger partial charge in [0.2, 0.25) is 0 Å². The van der Waals surface area contributed by atoms with Gasteiger partial charge in [-0.05, 0) is 56.7 Å². The van der Waals surface area contributed by atoms with Crippen LogP contribution < -0.4 is 0 Å². The molecule has 4 aromatic rings. The van der Waals surface area contributed by atoms with Gasteiger partial charge >= 0.3 is 0 Å². The zero-order valence-corrected chi connectivity index (χ0v) is 17.0. The van der Waals surface area contributed by atoms with E-state index in [4.69, 9.17) is 4.52 Å². The Morgan fingerprint density at radius 3 is 2.66 bits per heavy atom. The lowest BCUT2D eigenvalue weighted by Crippen LogP contribution is -2.06. The lowest BCUT2D eigenvalue weighted by atomic mass is 10.2. The molecular weight excluding hydrogens is 391 g/mol. The van der Waals surface area contributed by atoms with E-state index in [1.54, 1.807) is 18.3 Å². The molecule has 1 aromatic carbocycles. The van der Waals surface area contributed by atoms with Crippen LogP contribution in [0.3, 0.4) is 0 Å². The van der Waals surface area contributed by atoms with Gasteiger partial charge in [-0.3, -0.25) is 9.36 Å². The van der Waals surface area contributed by atoms with E-state index in [1.807, 2.05) is 37.5 Å². The van der Waals surface area contributed by atoms with Crippen LogP contribution in [0.15, 0.2) is 52.3 Å². The normalized spacial score (nSPS) is 11.2. The summed E-state index contributed by atoms with van der Waals surface area (Å²) in [5.74, 6) is 1.35. The summed E-state index contributed by atoms with van der Waals surface area (Å²) in [5, 5.41) is 4.68. The summed E-state index contributed by atoms with van der Waals surface area (Å²) in [6.07, 6.45) is 1.68. The summed E-state index contributed by atoms with van der Waals surface area (Å²) in [4.78, 5) is 20.3. The number of nitrogens with one attached hydrogen (secondary N) is 1. The van der Waals surface area contributed by atoms with Crippen molar-refractivity contribution in [3.05, 3.63) is 71.1 Å². The minimum absolute atomic E-state index is 0.00861. The molecule has 0 radical (unpaired) electrons. The number of Topliss-reactive ketones (excluding diaryl/α,β-unsaturated/α-hetero) is 1. The van der Waals surface area contributed by atoms with Gasteiger partial charge in [-0.2, -0.15) is 0 Å². The van der Waals surface area contributed by atoms with Crippen LogP contribution in [0.5, 0.6) is 0 Å². The number of hydrogen-bond donors (Lipinski definition) is 1. The molecule has 0 spiro atoms. The molecule has 0 aliphatic carbocycles. The molecule has 0 saturated carbocycles. The smallest absolute Gasteiger partial charge is 0.180 e. The number of halogens is 1. The number of H-pyrrole nitrogens is 1. The van der Waals surface area contributed by atoms with Gasteiger partial charge in [0.05, 0.1) is 17.6 Å². The highest BCUT2D eigenvalue weighted by Crippen LogP contribution is 2.25. The molecule has 148 valence electrons. The van der Waals surface area contributed by atoms with Crippen molar-refractivity contribution in [1.29, 1.82) is 0 Å². The van der Waals surface area contributed by atoms with Gasteiger partial charge in [-0.15, -0.1) is 0 Å². The van der Waals surface area contributed by atoms with Crippen molar-refractivity contribution in [3.8, 4) is 17.1 Å². The summed E-state index contributed by atoms with van der Waals surface area (Å²) in [5.41, 5.74) is 4.01. The minimum atomic E-state index is -0.285. The molecule has 0 aliphatic rings. The molecule has 0 aliphatic heterocycles. The first kappa shape index (κ1) is 19.2. The third kappa shape index (κ3) is 3.88. The maximum atomic E-state index is 13.1. The van der Waals surface area contributed by atoms with Gasteiger partial charge < -0.3 is 9.51 Å². The number of imidazole rings is 1. The number of nitrogens with zero attached hydrogens (tertiary/aromatic N) is 3. The Balaban J connectivity index is 1.47. The highest BCUT2D eigenvalue weighted by molar-refractivity contribution is 7.99. The second-order valence-electron chi connectivity index (χ2n) is 6.74. The predicted molar refractivity (Wildman–Crippen MR) is 109 cm³/mol. The molecule has 1 N–H and O–H groups in total. The number of aromatic nitrogens is 4. The predicted octanol–water partition coefficient (Wildman–Crippen LogP) is 4.89. The number of carbonyl (C=O) groups is 1. The summed E-state index contributed by atoms with van der Waals surface area (Å²) >= 11 is 1.33. The van der Waals surface area contributed by atoms with E-state index in [0.29, 0.717) is 22.3 Å². The fourth-order valence-corrected chi connectivity index (χ4v) is 3.95. The lowest BCUT2D eigenvalue weighted by molar-refractivity contribution is 0.102. The first-order valence-electron chi connectivity index (χ1n) is 9.02. The van der Waals surface area contributed by atoms with Gasteiger partial charge in [0.1, 0.15) is 11.6 Å². The average Bonchev–Trinajstić information content (AvgIpc) is 3.40. The number of aromatic amines is 1. The molecule has 0 unspecified atom stereocenters. The Morgan fingerprint density at radius 1 is 1.21 bits per heavy atom. The highest BCUT2D eigenvalue weighted by atomic mass is 32.2. The SMILES string of the molecule is Cc1cc(-n2c(C)cc(C(=O)CSc3ncc(-c4ccc(F)cc4)[nH]3)c2C)no1. The molecular formula is C21H19FN4O2S. The molecule has 3 heterocycles. The molecule has 0 atom stereocenters. The number of carbonyl (C=O) groups excluding carboxylic acids is 1. The van der Waals surface area contributed by atoms with Crippen molar-refractivity contribution in [3.63, 3.8) is 0 Å². The van der Waals surface area contributed by atoms with Crippen molar-refractivity contribution in [2.45, 2.75) is 25.9 Å². The summed E-state index contributed by atoms with van der Waals surface area (Å²) in [6.45, 7) is 5.66. The number of hydrogen-bond acceptors (Lipinski definition) is 5. The van der Waals surface area contributed by atoms with E-state index in [0.717, 1.165) is 22.6 Å². The average molecular weight is 410 g/mol. The number of thioether (sulfide) groups is 1. The minimum Gasteiger partial charge on any atom is -0.360 e. The Morgan fingerprint density at radius 2 is 1.97 bits per heavy atom. The molecule has 0 saturated heterocycles. The first-order valence-corrected chi connectivity index (χ1v) is 10.0. The highest BCUT2D eigenvalue weighted by Gasteiger charge is 2.19. The number of benzene rings is 1. The second kappa shape index (κ2) is 7.71. The number of ketones is 1. The van der Waals surface area contributed by atoms with Gasteiger partial charge in [-0.1, -0.05) is 16.9 Å². The summed E-state index contributed by atoms with van der Waals surface area (Å²) in [6, 6.07) is 9.88. The first-order chi connectivity index (χ1) is 13.9. The van der Waals surface area contributed by atoms with Crippen LogP contribution in [0.4, 0.5) is 4.39 Å². The van der Waals surface area contributed by atoms with E-state index in [9.17, 15) is 9.18 Å². The molecule has 6 nitrogen and oxygen atoms in total. The van der Waals surface area contributed by atoms with E-state index >= 15 is 0 Å². The fraction of sp³-hybridized carbons (Fsp3) is 0.190. The van der Waals surface area contributed by atoms with E-state index in [1.165, 1.54) is 23.9 Å². The van der Waals surface area contributed by atoms with Crippen LogP contribution in [0, 0.1) is 26.6 Å². The standard InChI is InChI=1S/C21H19FN4O2S/c1-12-8-17(14(3)26(12)20-9-13(2)28-25-20)19(27)11-29-21-23-10-18(24-21)15-4-6-16(22)7-5-15/h4-10H,11H2,1-3H3,(H,23,24). The van der Waals surface area contributed by atoms with Crippen LogP contribution >= 0.6 is 11.8 Å². The van der Waals surface area contributed by atoms with Crippen molar-refractivity contribution < 1.29 is 13.7 Å². The van der Waals surface area contributed by atoms with Gasteiger partial charge in [0.15, 0.2) is 16.8 Å². The van der Waals surface area contributed by atoms with Crippen molar-refractivity contribution in [2.24, 2.45) is 0 Å². The number of aryl methyl sites for hydroxylation is 2. The Kier molecular flexibility index (Phi) is 5.10. The molecule has 8 heteroatoms. The third-order valence-electron chi connectivity index (χ3n) is 4.62. The zero-order chi connectivity index (χ0) is 20.5. The van der Waals surface area contributed by atoms with Crippen LogP contribution in [-0.2, 0) is 0 Å². The van der Waals surface area contributed by atoms with Crippen LogP contribution in [0.2, 0.25) is 0 Å². The Bertz CT molecular complexity index is 1170. The molecule has 29 heavy (non-hydrogen) atoms. The largest absolute Gasteiger partial charge is 0.360 e. The van der Waals surface area contributed by atoms with Gasteiger partial charge in [0.25, 0.3) is 0 Å². The maximum absolute atomic E-state index is 13.1. The number of rotatable bonds is 6. The van der Waals surface area contributed by atoms with Crippen molar-refractivity contribution >= 4 is 17.5 Å². The molecule has 0 amide bonds. The maximum Gasteiger partial charge on any atom is 0.180 e. The molecule has 0 fully saturated rings. The molecule has 0 bridgehead atoms. The Labute approximate surface area is 171 Å². The fourth-order valence-electron chi connectivity index (χ4n) is 3.22. The summed E-state index contributed by atoms with van der Waals surface area (Å²) in [7, 11) is 0. The van der Waals surface area contributed by atoms with Crippen molar-refractivity contribution in [2.75, 3.05) is 5.75 Å². The van der Waals surface area contributed by atoms with E-state index < -0.39 is 0 Å². The monoisotopic (exact) mass is 410 g/mol. The zero-order valence-electron chi connectivity index (χ0n) is 16.2. The van der Waals surface area contributed by atoms with Gasteiger partial charge in [0, 0.05) is 23.0 Å². The Hall–Kier alpha value is -3.13. The topological polar surface area (TPSA) is 76.7 Å². The molecule has 3 aromatic heterocycles. The molecule has 4 rings (SSSR count). The van der Waals surface area contributed by atoms with Crippen LogP contribution in [0.25, 0.3) is 17.1 Å². The van der Waals surface area contributed by atoms with E-state index in [2.05, 4.69) is 15.1 Å². The third-order valence-corrected chi connectivity index (χ3v) is 5.51. The second-order valence-corrected chi connectivity index (χ2v) is 7.70. The van der Waals surface area contributed by atoms with Gasteiger partial charge in [-0.25, -0.2) is 9.37 Å². The van der Waals surface area contributed by atoms with Crippen LogP contribution in [0.1, 0.15) is 27.5 Å².